The van der Waals surface area contributed by atoms with Gasteiger partial charge in [-0.2, -0.15) is 5.10 Å². The van der Waals surface area contributed by atoms with Crippen molar-refractivity contribution < 1.29 is 9.53 Å². The van der Waals surface area contributed by atoms with Gasteiger partial charge in [-0.15, -0.1) is 10.2 Å². The Balaban J connectivity index is 1.35. The van der Waals surface area contributed by atoms with Crippen molar-refractivity contribution in [2.75, 3.05) is 18.2 Å². The third kappa shape index (κ3) is 5.22. The largest absolute Gasteiger partial charge is 0.495 e. The fourth-order valence-corrected chi connectivity index (χ4v) is 3.65. The van der Waals surface area contributed by atoms with Crippen molar-refractivity contribution in [2.45, 2.75) is 5.03 Å². The molecular weight excluding hydrogens is 434 g/mol. The summed E-state index contributed by atoms with van der Waals surface area (Å²) in [6.07, 6.45) is 3.63. The molecule has 0 aliphatic rings. The summed E-state index contributed by atoms with van der Waals surface area (Å²) in [7, 11) is 1.54. The van der Waals surface area contributed by atoms with Gasteiger partial charge < -0.3 is 10.1 Å². The lowest BCUT2D eigenvalue weighted by molar-refractivity contribution is -0.113. The number of rotatable bonds is 7. The van der Waals surface area contributed by atoms with E-state index in [-0.39, 0.29) is 11.7 Å². The Hall–Kier alpha value is -3.36. The second-order valence-electron chi connectivity index (χ2n) is 6.44. The summed E-state index contributed by atoms with van der Waals surface area (Å²) in [4.78, 5) is 12.3. The summed E-state index contributed by atoms with van der Waals surface area (Å²) in [6.45, 7) is 0. The molecule has 0 saturated carbocycles. The lowest BCUT2D eigenvalue weighted by Crippen LogP contribution is -2.14. The molecule has 0 saturated heterocycles. The summed E-state index contributed by atoms with van der Waals surface area (Å²) in [6, 6.07) is 18.6. The van der Waals surface area contributed by atoms with Crippen LogP contribution in [-0.4, -0.2) is 38.7 Å². The molecule has 0 aliphatic carbocycles. The van der Waals surface area contributed by atoms with Crippen LogP contribution < -0.4 is 10.1 Å². The van der Waals surface area contributed by atoms with Gasteiger partial charge in [-0.3, -0.25) is 4.79 Å². The number of thioether (sulfide) groups is 1. The van der Waals surface area contributed by atoms with Gasteiger partial charge in [-0.25, -0.2) is 4.68 Å². The molecule has 0 aliphatic heterocycles. The molecule has 0 atom stereocenters. The molecule has 0 unspecified atom stereocenters. The summed E-state index contributed by atoms with van der Waals surface area (Å²) in [5, 5.41) is 16.7. The van der Waals surface area contributed by atoms with Crippen molar-refractivity contribution >= 4 is 35.0 Å². The van der Waals surface area contributed by atoms with Gasteiger partial charge in [0.15, 0.2) is 0 Å². The van der Waals surface area contributed by atoms with E-state index in [0.717, 1.165) is 16.9 Å². The predicted octanol–water partition coefficient (Wildman–Crippen LogP) is 4.72. The number of benzene rings is 2. The average molecular weight is 452 g/mol. The Bertz CT molecular complexity index is 1170. The van der Waals surface area contributed by atoms with E-state index in [1.807, 2.05) is 48.7 Å². The van der Waals surface area contributed by atoms with E-state index >= 15 is 0 Å². The number of ether oxygens (including phenoxy) is 1. The highest BCUT2D eigenvalue weighted by molar-refractivity contribution is 7.99. The minimum absolute atomic E-state index is 0.183. The maximum absolute atomic E-state index is 12.3. The van der Waals surface area contributed by atoms with Gasteiger partial charge in [-0.1, -0.05) is 35.5 Å². The van der Waals surface area contributed by atoms with Crippen molar-refractivity contribution in [2.24, 2.45) is 0 Å². The van der Waals surface area contributed by atoms with Crippen LogP contribution in [0.3, 0.4) is 0 Å². The summed E-state index contributed by atoms with van der Waals surface area (Å²) < 4.78 is 7.03. The minimum atomic E-state index is -0.189. The number of amides is 1. The highest BCUT2D eigenvalue weighted by atomic mass is 35.5. The Kier molecular flexibility index (Phi) is 6.49. The van der Waals surface area contributed by atoms with E-state index < -0.39 is 0 Å². The summed E-state index contributed by atoms with van der Waals surface area (Å²) in [5.74, 6) is 0.540. The number of aromatic nitrogens is 4. The van der Waals surface area contributed by atoms with E-state index in [9.17, 15) is 4.79 Å². The van der Waals surface area contributed by atoms with Crippen molar-refractivity contribution in [3.05, 3.63) is 78.1 Å². The molecule has 4 rings (SSSR count). The van der Waals surface area contributed by atoms with E-state index in [1.165, 1.54) is 18.9 Å². The molecule has 2 aromatic carbocycles. The van der Waals surface area contributed by atoms with E-state index in [0.29, 0.717) is 21.5 Å². The molecule has 4 aromatic rings. The molecule has 2 aromatic heterocycles. The molecular formula is C22H18ClN5O2S. The van der Waals surface area contributed by atoms with E-state index in [4.69, 9.17) is 16.3 Å². The van der Waals surface area contributed by atoms with Crippen LogP contribution >= 0.6 is 23.4 Å². The maximum atomic E-state index is 12.3. The molecule has 156 valence electrons. The highest BCUT2D eigenvalue weighted by Crippen LogP contribution is 2.28. The van der Waals surface area contributed by atoms with E-state index in [1.54, 1.807) is 29.1 Å². The standard InChI is InChI=1S/C22H18ClN5O2S/c1-30-20-9-5-16(23)13-19(20)25-21(29)14-31-22-10-8-18(26-27-22)15-3-6-17(7-4-15)28-12-2-11-24-28/h2-13H,14H2,1H3,(H,25,29). The third-order valence-electron chi connectivity index (χ3n) is 4.36. The quantitative estimate of drug-likeness (QED) is 0.409. The van der Waals surface area contributed by atoms with Gasteiger partial charge >= 0.3 is 0 Å². The molecule has 0 fully saturated rings. The highest BCUT2D eigenvalue weighted by Gasteiger charge is 2.10. The number of methoxy groups -OCH3 is 1. The molecule has 7 nitrogen and oxygen atoms in total. The van der Waals surface area contributed by atoms with Gasteiger partial charge in [0.05, 0.1) is 29.9 Å². The normalized spacial score (nSPS) is 10.6. The number of nitrogens with one attached hydrogen (secondary N) is 1. The second kappa shape index (κ2) is 9.63. The zero-order valence-corrected chi connectivity index (χ0v) is 18.1. The van der Waals surface area contributed by atoms with Gasteiger partial charge in [0.2, 0.25) is 5.91 Å². The van der Waals surface area contributed by atoms with Crippen LogP contribution in [0.15, 0.2) is 78.1 Å². The lowest BCUT2D eigenvalue weighted by atomic mass is 10.1. The van der Waals surface area contributed by atoms with Crippen molar-refractivity contribution in [3.63, 3.8) is 0 Å². The van der Waals surface area contributed by atoms with Gasteiger partial charge in [0, 0.05) is 23.0 Å². The minimum Gasteiger partial charge on any atom is -0.495 e. The van der Waals surface area contributed by atoms with Crippen molar-refractivity contribution in [3.8, 4) is 22.7 Å². The Morgan fingerprint density at radius 1 is 1.13 bits per heavy atom. The molecule has 2 heterocycles. The number of halogens is 1. The first-order valence-electron chi connectivity index (χ1n) is 9.33. The predicted molar refractivity (Wildman–Crippen MR) is 122 cm³/mol. The number of nitrogens with zero attached hydrogens (tertiary/aromatic N) is 4. The van der Waals surface area contributed by atoms with Crippen LogP contribution in [0.25, 0.3) is 16.9 Å². The smallest absolute Gasteiger partial charge is 0.234 e. The molecule has 1 amide bonds. The molecule has 1 N–H and O–H groups in total. The first-order valence-corrected chi connectivity index (χ1v) is 10.7. The molecule has 0 bridgehead atoms. The maximum Gasteiger partial charge on any atom is 0.234 e. The third-order valence-corrected chi connectivity index (χ3v) is 5.51. The van der Waals surface area contributed by atoms with Gasteiger partial charge in [0.1, 0.15) is 10.8 Å². The number of hydrogen-bond donors (Lipinski definition) is 1. The van der Waals surface area contributed by atoms with E-state index in [2.05, 4.69) is 20.6 Å². The Morgan fingerprint density at radius 2 is 1.97 bits per heavy atom. The van der Waals surface area contributed by atoms with Crippen LogP contribution in [0.2, 0.25) is 5.02 Å². The number of anilines is 1. The average Bonchev–Trinajstić information content (AvgIpc) is 3.33. The van der Waals surface area contributed by atoms with Gasteiger partial charge in [0.25, 0.3) is 0 Å². The fraction of sp³-hybridized carbons (Fsp3) is 0.0909. The Labute approximate surface area is 188 Å². The monoisotopic (exact) mass is 451 g/mol. The number of carbonyl (C=O) groups is 1. The molecule has 0 spiro atoms. The second-order valence-corrected chi connectivity index (χ2v) is 7.87. The molecule has 9 heteroatoms. The van der Waals surface area contributed by atoms with Crippen LogP contribution in [0.4, 0.5) is 5.69 Å². The zero-order chi connectivity index (χ0) is 21.6. The summed E-state index contributed by atoms with van der Waals surface area (Å²) >= 11 is 7.29. The fourth-order valence-electron chi connectivity index (χ4n) is 2.86. The molecule has 31 heavy (non-hydrogen) atoms. The zero-order valence-electron chi connectivity index (χ0n) is 16.5. The van der Waals surface area contributed by atoms with Gasteiger partial charge in [-0.05, 0) is 48.5 Å². The topological polar surface area (TPSA) is 81.9 Å². The van der Waals surface area contributed by atoms with Crippen molar-refractivity contribution in [1.82, 2.24) is 20.0 Å². The number of hydrogen-bond acceptors (Lipinski definition) is 6. The van der Waals surface area contributed by atoms with Crippen LogP contribution in [0, 0.1) is 0 Å². The van der Waals surface area contributed by atoms with Crippen molar-refractivity contribution in [1.29, 1.82) is 0 Å². The lowest BCUT2D eigenvalue weighted by Gasteiger charge is -2.10. The summed E-state index contributed by atoms with van der Waals surface area (Å²) in [5.41, 5.74) is 3.20. The van der Waals surface area contributed by atoms with Crippen LogP contribution in [0.1, 0.15) is 0 Å². The number of carbonyl (C=O) groups excluding carboxylic acids is 1. The first-order chi connectivity index (χ1) is 15.1. The SMILES string of the molecule is COc1ccc(Cl)cc1NC(=O)CSc1ccc(-c2ccc(-n3cccn3)cc2)nn1. The van der Waals surface area contributed by atoms with Crippen LogP contribution in [0.5, 0.6) is 5.75 Å². The van der Waals surface area contributed by atoms with Crippen LogP contribution in [-0.2, 0) is 4.79 Å². The molecule has 0 radical (unpaired) electrons. The Morgan fingerprint density at radius 3 is 2.65 bits per heavy atom. The first kappa shape index (κ1) is 20.9.